The Morgan fingerprint density at radius 3 is 2.61 bits per heavy atom. The Kier molecular flexibility index (Phi) is 6.37. The minimum atomic E-state index is -0.233. The lowest BCUT2D eigenvalue weighted by Gasteiger charge is -2.21. The van der Waals surface area contributed by atoms with Crippen molar-refractivity contribution in [3.05, 3.63) is 89.5 Å². The third-order valence-electron chi connectivity index (χ3n) is 4.51. The molecule has 0 unspecified atom stereocenters. The lowest BCUT2D eigenvalue weighted by molar-refractivity contribution is 0.0983. The predicted molar refractivity (Wildman–Crippen MR) is 111 cm³/mol. The molecule has 1 heterocycles. The van der Waals surface area contributed by atoms with Crippen molar-refractivity contribution >= 4 is 17.3 Å². The van der Waals surface area contributed by atoms with E-state index in [1.54, 1.807) is 29.3 Å². The first-order valence-electron chi connectivity index (χ1n) is 9.39. The van der Waals surface area contributed by atoms with E-state index < -0.39 is 0 Å². The summed E-state index contributed by atoms with van der Waals surface area (Å²) in [6.45, 7) is 5.20. The number of aryl methyl sites for hydroxylation is 1. The van der Waals surface area contributed by atoms with Crippen LogP contribution < -0.4 is 10.2 Å². The zero-order valence-electron chi connectivity index (χ0n) is 16.2. The molecule has 3 aromatic rings. The van der Waals surface area contributed by atoms with Crippen LogP contribution in [0.15, 0.2) is 66.9 Å². The largest absolute Gasteiger partial charge is 0.385 e. The molecule has 144 valence electrons. The summed E-state index contributed by atoms with van der Waals surface area (Å²) in [6, 6.07) is 18.0. The smallest absolute Gasteiger partial charge is 0.276 e. The van der Waals surface area contributed by atoms with Crippen molar-refractivity contribution in [3.8, 4) is 0 Å². The van der Waals surface area contributed by atoms with Crippen molar-refractivity contribution in [1.29, 1.82) is 0 Å². The number of rotatable bonds is 7. The predicted octanol–water partition coefficient (Wildman–Crippen LogP) is 4.85. The summed E-state index contributed by atoms with van der Waals surface area (Å²) in [5.74, 6) is -0.363. The van der Waals surface area contributed by atoms with Gasteiger partial charge in [0, 0.05) is 30.7 Å². The van der Waals surface area contributed by atoms with Crippen molar-refractivity contribution in [2.45, 2.75) is 20.3 Å². The Morgan fingerprint density at radius 2 is 1.89 bits per heavy atom. The van der Waals surface area contributed by atoms with E-state index in [-0.39, 0.29) is 11.7 Å². The fourth-order valence-corrected chi connectivity index (χ4v) is 3.04. The number of nitrogens with one attached hydrogen (secondary N) is 1. The van der Waals surface area contributed by atoms with E-state index in [0.29, 0.717) is 18.8 Å². The molecule has 0 aliphatic rings. The Balaban J connectivity index is 1.67. The molecule has 2 aromatic carbocycles. The average molecular weight is 377 g/mol. The van der Waals surface area contributed by atoms with Crippen LogP contribution in [0.4, 0.5) is 15.8 Å². The molecule has 0 bridgehead atoms. The second-order valence-electron chi connectivity index (χ2n) is 6.62. The van der Waals surface area contributed by atoms with Gasteiger partial charge in [-0.15, -0.1) is 0 Å². The summed E-state index contributed by atoms with van der Waals surface area (Å²) < 4.78 is 13.0. The topological polar surface area (TPSA) is 45.2 Å². The van der Waals surface area contributed by atoms with Crippen LogP contribution in [0.1, 0.15) is 28.5 Å². The maximum atomic E-state index is 13.0. The highest BCUT2D eigenvalue weighted by Gasteiger charge is 2.17. The van der Waals surface area contributed by atoms with Gasteiger partial charge in [0.1, 0.15) is 11.5 Å². The number of nitrogens with zero attached hydrogens (tertiary/aromatic N) is 2. The van der Waals surface area contributed by atoms with E-state index in [1.165, 1.54) is 12.1 Å². The van der Waals surface area contributed by atoms with E-state index in [2.05, 4.69) is 10.3 Å². The molecule has 4 nitrogen and oxygen atoms in total. The number of benzene rings is 2. The molecule has 0 saturated heterocycles. The monoisotopic (exact) mass is 377 g/mol. The first kappa shape index (κ1) is 19.5. The average Bonchev–Trinajstić information content (AvgIpc) is 2.70. The molecule has 0 spiro atoms. The number of anilines is 2. The van der Waals surface area contributed by atoms with Gasteiger partial charge in [-0.3, -0.25) is 9.78 Å². The van der Waals surface area contributed by atoms with Crippen molar-refractivity contribution in [3.63, 3.8) is 0 Å². The lowest BCUT2D eigenvalue weighted by atomic mass is 10.1. The molecular weight excluding hydrogens is 353 g/mol. The van der Waals surface area contributed by atoms with E-state index in [4.69, 9.17) is 0 Å². The summed E-state index contributed by atoms with van der Waals surface area (Å²) in [7, 11) is 0. The van der Waals surface area contributed by atoms with Gasteiger partial charge in [-0.25, -0.2) is 4.39 Å². The van der Waals surface area contributed by atoms with Crippen LogP contribution >= 0.6 is 0 Å². The van der Waals surface area contributed by atoms with E-state index in [0.717, 1.165) is 28.9 Å². The molecule has 3 rings (SSSR count). The van der Waals surface area contributed by atoms with Gasteiger partial charge in [0.25, 0.3) is 5.91 Å². The quantitative estimate of drug-likeness (QED) is 0.640. The molecule has 0 fully saturated rings. The van der Waals surface area contributed by atoms with Crippen LogP contribution in [0.2, 0.25) is 0 Å². The first-order valence-corrected chi connectivity index (χ1v) is 9.39. The summed E-state index contributed by atoms with van der Waals surface area (Å²) in [4.78, 5) is 18.9. The fraction of sp³-hybridized carbons (Fsp3) is 0.217. The summed E-state index contributed by atoms with van der Waals surface area (Å²) in [5.41, 5.74) is 4.25. The van der Waals surface area contributed by atoms with Crippen molar-refractivity contribution in [1.82, 2.24) is 4.98 Å². The van der Waals surface area contributed by atoms with Gasteiger partial charge in [0.2, 0.25) is 0 Å². The molecule has 1 aromatic heterocycles. The Morgan fingerprint density at radius 1 is 1.11 bits per heavy atom. The lowest BCUT2D eigenvalue weighted by Crippen LogP contribution is -2.31. The molecule has 0 saturated carbocycles. The number of aromatic nitrogens is 1. The number of carbonyl (C=O) groups is 1. The van der Waals surface area contributed by atoms with Crippen molar-refractivity contribution < 1.29 is 9.18 Å². The number of hydrogen-bond acceptors (Lipinski definition) is 3. The highest BCUT2D eigenvalue weighted by Crippen LogP contribution is 2.19. The molecule has 5 heteroatoms. The number of hydrogen-bond donors (Lipinski definition) is 1. The molecule has 0 radical (unpaired) electrons. The third kappa shape index (κ3) is 4.94. The van der Waals surface area contributed by atoms with Gasteiger partial charge < -0.3 is 10.2 Å². The van der Waals surface area contributed by atoms with Gasteiger partial charge in [-0.2, -0.15) is 0 Å². The minimum Gasteiger partial charge on any atom is -0.385 e. The first-order chi connectivity index (χ1) is 13.6. The van der Waals surface area contributed by atoms with Crippen LogP contribution in [0, 0.1) is 12.7 Å². The molecule has 0 aliphatic heterocycles. The van der Waals surface area contributed by atoms with Crippen LogP contribution in [-0.2, 0) is 6.42 Å². The Labute approximate surface area is 165 Å². The Bertz CT molecular complexity index is 941. The molecule has 1 N–H and O–H groups in total. The van der Waals surface area contributed by atoms with Gasteiger partial charge in [-0.05, 0) is 67.8 Å². The van der Waals surface area contributed by atoms with Crippen LogP contribution in [0.5, 0.6) is 0 Å². The highest BCUT2D eigenvalue weighted by molar-refractivity contribution is 6.05. The number of halogens is 1. The fourth-order valence-electron chi connectivity index (χ4n) is 3.04. The zero-order valence-corrected chi connectivity index (χ0v) is 16.2. The van der Waals surface area contributed by atoms with Gasteiger partial charge in [0.05, 0.1) is 0 Å². The van der Waals surface area contributed by atoms with Crippen LogP contribution in [0.25, 0.3) is 0 Å². The van der Waals surface area contributed by atoms with Gasteiger partial charge >= 0.3 is 0 Å². The standard InChI is InChI=1S/C23H24FN3O/c1-3-27(21-6-4-5-17(2)15-21)23(28)22-16-20(12-14-26-22)25-13-11-18-7-9-19(24)10-8-18/h4-10,12,14-16H,3,11,13H2,1-2H3,(H,25,26). The molecule has 0 atom stereocenters. The highest BCUT2D eigenvalue weighted by atomic mass is 19.1. The Hall–Kier alpha value is -3.21. The van der Waals surface area contributed by atoms with Gasteiger partial charge in [0.15, 0.2) is 0 Å². The number of amides is 1. The SMILES string of the molecule is CCN(C(=O)c1cc(NCCc2ccc(F)cc2)ccn1)c1cccc(C)c1. The number of carbonyl (C=O) groups excluding carboxylic acids is 1. The second-order valence-corrected chi connectivity index (χ2v) is 6.62. The summed E-state index contributed by atoms with van der Waals surface area (Å²) in [5, 5.41) is 3.30. The van der Waals surface area contributed by atoms with Gasteiger partial charge in [-0.1, -0.05) is 24.3 Å². The minimum absolute atomic E-state index is 0.129. The maximum Gasteiger partial charge on any atom is 0.276 e. The maximum absolute atomic E-state index is 13.0. The summed E-state index contributed by atoms with van der Waals surface area (Å²) >= 11 is 0. The van der Waals surface area contributed by atoms with Crippen LogP contribution in [0.3, 0.4) is 0 Å². The third-order valence-corrected chi connectivity index (χ3v) is 4.51. The van der Waals surface area contributed by atoms with E-state index in [9.17, 15) is 9.18 Å². The van der Waals surface area contributed by atoms with Crippen molar-refractivity contribution in [2.24, 2.45) is 0 Å². The van der Waals surface area contributed by atoms with E-state index >= 15 is 0 Å². The normalized spacial score (nSPS) is 10.5. The molecular formula is C23H24FN3O. The van der Waals surface area contributed by atoms with E-state index in [1.807, 2.05) is 44.2 Å². The zero-order chi connectivity index (χ0) is 19.9. The van der Waals surface area contributed by atoms with Crippen LogP contribution in [-0.4, -0.2) is 24.0 Å². The molecule has 28 heavy (non-hydrogen) atoms. The van der Waals surface area contributed by atoms with Crippen molar-refractivity contribution in [2.75, 3.05) is 23.3 Å². The number of pyridine rings is 1. The molecule has 0 aliphatic carbocycles. The molecule has 1 amide bonds. The second kappa shape index (κ2) is 9.13. The summed E-state index contributed by atoms with van der Waals surface area (Å²) in [6.07, 6.45) is 2.40.